The monoisotopic (exact) mass is 281 g/mol. The van der Waals surface area contributed by atoms with Gasteiger partial charge in [0, 0.05) is 18.9 Å². The average Bonchev–Trinajstić information content (AvgIpc) is 2.95. The highest BCUT2D eigenvalue weighted by atomic mass is 15.2. The van der Waals surface area contributed by atoms with Gasteiger partial charge in [-0.25, -0.2) is 9.97 Å². The lowest BCUT2D eigenvalue weighted by Crippen LogP contribution is -2.28. The van der Waals surface area contributed by atoms with Crippen LogP contribution in [-0.2, 0) is 6.54 Å². The SMILES string of the molecule is CC(C)CN(Cc1ccccn1)c1ncnc2[nH]ccc12. The third-order valence-electron chi connectivity index (χ3n) is 3.30. The summed E-state index contributed by atoms with van der Waals surface area (Å²) in [4.78, 5) is 18.6. The molecule has 5 nitrogen and oxygen atoms in total. The molecule has 0 aliphatic rings. The zero-order valence-electron chi connectivity index (χ0n) is 12.3. The Balaban J connectivity index is 1.97. The Morgan fingerprint density at radius 1 is 1.14 bits per heavy atom. The summed E-state index contributed by atoms with van der Waals surface area (Å²) in [5, 5.41) is 1.05. The zero-order valence-corrected chi connectivity index (χ0v) is 12.3. The molecule has 3 aromatic heterocycles. The first-order chi connectivity index (χ1) is 10.2. The molecule has 0 fully saturated rings. The van der Waals surface area contributed by atoms with E-state index in [0.717, 1.165) is 35.6 Å². The molecule has 0 spiro atoms. The molecular weight excluding hydrogens is 262 g/mol. The fourth-order valence-corrected chi connectivity index (χ4v) is 2.46. The summed E-state index contributed by atoms with van der Waals surface area (Å²) in [6.45, 7) is 6.09. The Kier molecular flexibility index (Phi) is 3.81. The van der Waals surface area contributed by atoms with E-state index in [4.69, 9.17) is 0 Å². The molecule has 0 radical (unpaired) electrons. The van der Waals surface area contributed by atoms with Gasteiger partial charge in [0.15, 0.2) is 0 Å². The van der Waals surface area contributed by atoms with Gasteiger partial charge in [0.05, 0.1) is 17.6 Å². The number of aromatic nitrogens is 4. The molecule has 0 aromatic carbocycles. The minimum absolute atomic E-state index is 0.540. The van der Waals surface area contributed by atoms with Crippen LogP contribution in [0.2, 0.25) is 0 Å². The molecule has 0 aliphatic carbocycles. The van der Waals surface area contributed by atoms with Crippen LogP contribution in [0.4, 0.5) is 5.82 Å². The number of rotatable bonds is 5. The minimum atomic E-state index is 0.540. The number of nitrogens with zero attached hydrogens (tertiary/aromatic N) is 4. The van der Waals surface area contributed by atoms with Crippen LogP contribution in [0.1, 0.15) is 19.5 Å². The Bertz CT molecular complexity index is 705. The first-order valence-electron chi connectivity index (χ1n) is 7.17. The molecular formula is C16H19N5. The van der Waals surface area contributed by atoms with Gasteiger partial charge < -0.3 is 9.88 Å². The molecule has 0 saturated carbocycles. The van der Waals surface area contributed by atoms with Crippen molar-refractivity contribution in [3.05, 3.63) is 48.7 Å². The lowest BCUT2D eigenvalue weighted by molar-refractivity contribution is 0.602. The van der Waals surface area contributed by atoms with Gasteiger partial charge in [-0.2, -0.15) is 0 Å². The van der Waals surface area contributed by atoms with E-state index in [1.807, 2.05) is 36.7 Å². The van der Waals surface area contributed by atoms with E-state index >= 15 is 0 Å². The van der Waals surface area contributed by atoms with E-state index < -0.39 is 0 Å². The lowest BCUT2D eigenvalue weighted by atomic mass is 10.2. The lowest BCUT2D eigenvalue weighted by Gasteiger charge is -2.25. The molecule has 21 heavy (non-hydrogen) atoms. The van der Waals surface area contributed by atoms with Crippen LogP contribution >= 0.6 is 0 Å². The molecule has 3 aromatic rings. The van der Waals surface area contributed by atoms with Gasteiger partial charge in [0.1, 0.15) is 17.8 Å². The second kappa shape index (κ2) is 5.91. The molecule has 0 unspecified atom stereocenters. The fraction of sp³-hybridized carbons (Fsp3) is 0.312. The highest BCUT2D eigenvalue weighted by Gasteiger charge is 2.15. The third kappa shape index (κ3) is 3.02. The molecule has 0 amide bonds. The van der Waals surface area contributed by atoms with Crippen molar-refractivity contribution >= 4 is 16.9 Å². The number of H-pyrrole nitrogens is 1. The van der Waals surface area contributed by atoms with E-state index in [9.17, 15) is 0 Å². The van der Waals surface area contributed by atoms with Gasteiger partial charge in [-0.3, -0.25) is 4.98 Å². The first-order valence-corrected chi connectivity index (χ1v) is 7.17. The summed E-state index contributed by atoms with van der Waals surface area (Å²) in [5.74, 6) is 1.50. The molecule has 5 heteroatoms. The van der Waals surface area contributed by atoms with Crippen LogP contribution in [0.5, 0.6) is 0 Å². The predicted molar refractivity (Wildman–Crippen MR) is 84.0 cm³/mol. The Morgan fingerprint density at radius 3 is 2.81 bits per heavy atom. The summed E-state index contributed by atoms with van der Waals surface area (Å²) >= 11 is 0. The van der Waals surface area contributed by atoms with Gasteiger partial charge in [-0.1, -0.05) is 19.9 Å². The van der Waals surface area contributed by atoms with E-state index in [1.165, 1.54) is 0 Å². The molecule has 0 atom stereocenters. The predicted octanol–water partition coefficient (Wildman–Crippen LogP) is 3.02. The molecule has 1 N–H and O–H groups in total. The number of nitrogens with one attached hydrogen (secondary N) is 1. The molecule has 0 bridgehead atoms. The fourth-order valence-electron chi connectivity index (χ4n) is 2.46. The Labute approximate surface area is 124 Å². The molecule has 108 valence electrons. The number of pyridine rings is 1. The van der Waals surface area contributed by atoms with E-state index in [0.29, 0.717) is 5.92 Å². The molecule has 3 heterocycles. The zero-order chi connectivity index (χ0) is 14.7. The number of fused-ring (bicyclic) bond motifs is 1. The van der Waals surface area contributed by atoms with Gasteiger partial charge in [-0.15, -0.1) is 0 Å². The van der Waals surface area contributed by atoms with Gasteiger partial charge in [-0.05, 0) is 24.1 Å². The Morgan fingerprint density at radius 2 is 2.05 bits per heavy atom. The number of hydrogen-bond acceptors (Lipinski definition) is 4. The summed E-state index contributed by atoms with van der Waals surface area (Å²) in [5.41, 5.74) is 1.91. The summed E-state index contributed by atoms with van der Waals surface area (Å²) in [7, 11) is 0. The third-order valence-corrected chi connectivity index (χ3v) is 3.30. The second-order valence-corrected chi connectivity index (χ2v) is 5.53. The molecule has 0 saturated heterocycles. The first kappa shape index (κ1) is 13.5. The van der Waals surface area contributed by atoms with Crippen molar-refractivity contribution in [3.63, 3.8) is 0 Å². The molecule has 3 rings (SSSR count). The minimum Gasteiger partial charge on any atom is -0.350 e. The van der Waals surface area contributed by atoms with E-state index in [-0.39, 0.29) is 0 Å². The number of hydrogen-bond donors (Lipinski definition) is 1. The maximum absolute atomic E-state index is 4.50. The summed E-state index contributed by atoms with van der Waals surface area (Å²) in [6, 6.07) is 8.02. The number of anilines is 1. The van der Waals surface area contributed by atoms with Gasteiger partial charge in [0.25, 0.3) is 0 Å². The van der Waals surface area contributed by atoms with Crippen LogP contribution < -0.4 is 4.90 Å². The summed E-state index contributed by atoms with van der Waals surface area (Å²) in [6.07, 6.45) is 5.34. The van der Waals surface area contributed by atoms with Crippen molar-refractivity contribution in [2.24, 2.45) is 5.92 Å². The topological polar surface area (TPSA) is 57.7 Å². The standard InChI is InChI=1S/C16H19N5/c1-12(2)9-21(10-13-5-3-4-7-17-13)16-14-6-8-18-15(14)19-11-20-16/h3-8,11-12H,9-10H2,1-2H3,(H,18,19,20). The van der Waals surface area contributed by atoms with E-state index in [1.54, 1.807) is 6.33 Å². The van der Waals surface area contributed by atoms with Crippen molar-refractivity contribution in [3.8, 4) is 0 Å². The normalized spacial score (nSPS) is 11.2. The van der Waals surface area contributed by atoms with Gasteiger partial charge in [0.2, 0.25) is 0 Å². The highest BCUT2D eigenvalue weighted by Crippen LogP contribution is 2.24. The smallest absolute Gasteiger partial charge is 0.142 e. The van der Waals surface area contributed by atoms with Crippen molar-refractivity contribution in [1.29, 1.82) is 0 Å². The second-order valence-electron chi connectivity index (χ2n) is 5.53. The molecule has 0 aliphatic heterocycles. The van der Waals surface area contributed by atoms with Gasteiger partial charge >= 0.3 is 0 Å². The quantitative estimate of drug-likeness (QED) is 0.781. The highest BCUT2D eigenvalue weighted by molar-refractivity contribution is 5.87. The number of aromatic amines is 1. The van der Waals surface area contributed by atoms with Crippen LogP contribution in [-0.4, -0.2) is 26.5 Å². The average molecular weight is 281 g/mol. The van der Waals surface area contributed by atoms with Crippen LogP contribution in [0, 0.1) is 5.92 Å². The summed E-state index contributed by atoms with van der Waals surface area (Å²) < 4.78 is 0. The largest absolute Gasteiger partial charge is 0.350 e. The maximum Gasteiger partial charge on any atom is 0.142 e. The van der Waals surface area contributed by atoms with Crippen LogP contribution in [0.25, 0.3) is 11.0 Å². The van der Waals surface area contributed by atoms with Crippen molar-refractivity contribution in [2.75, 3.05) is 11.4 Å². The van der Waals surface area contributed by atoms with Crippen LogP contribution in [0.3, 0.4) is 0 Å². The van der Waals surface area contributed by atoms with E-state index in [2.05, 4.69) is 38.7 Å². The van der Waals surface area contributed by atoms with Crippen molar-refractivity contribution in [1.82, 2.24) is 19.9 Å². The van der Waals surface area contributed by atoms with Crippen molar-refractivity contribution < 1.29 is 0 Å². The Hall–Kier alpha value is -2.43. The maximum atomic E-state index is 4.50. The van der Waals surface area contributed by atoms with Crippen molar-refractivity contribution in [2.45, 2.75) is 20.4 Å². The van der Waals surface area contributed by atoms with Crippen LogP contribution in [0.15, 0.2) is 43.0 Å².